The normalized spacial score (nSPS) is 15.4. The fraction of sp³-hybridized carbons (Fsp3) is 0.231. The molecule has 1 aliphatic rings. The molecule has 1 fully saturated rings. The number of aromatic nitrogens is 3. The Hall–Kier alpha value is -3.53. The Labute approximate surface area is 216 Å². The molecule has 1 aliphatic heterocycles. The zero-order chi connectivity index (χ0) is 24.6. The zero-order valence-electron chi connectivity index (χ0n) is 19.5. The zero-order valence-corrected chi connectivity index (χ0v) is 21.1. The van der Waals surface area contributed by atoms with Gasteiger partial charge >= 0.3 is 0 Å². The average molecular weight is 522 g/mol. The molecule has 5 aromatic rings. The molecule has 2 aromatic carbocycles. The summed E-state index contributed by atoms with van der Waals surface area (Å²) in [7, 11) is 1.66. The fourth-order valence-electron chi connectivity index (χ4n) is 4.69. The highest BCUT2D eigenvalue weighted by molar-refractivity contribution is 7.17. The smallest absolute Gasteiger partial charge is 0.230 e. The summed E-state index contributed by atoms with van der Waals surface area (Å²) >= 11 is 7.66. The number of thiazole rings is 1. The summed E-state index contributed by atoms with van der Waals surface area (Å²) in [5.74, 6) is 1.87. The predicted octanol–water partition coefficient (Wildman–Crippen LogP) is 5.33. The number of anilines is 1. The molecule has 8 nitrogen and oxygen atoms in total. The quantitative estimate of drug-likeness (QED) is 0.323. The number of halogens is 1. The minimum Gasteiger partial charge on any atom is -0.497 e. The van der Waals surface area contributed by atoms with Crippen LogP contribution in [0.25, 0.3) is 16.5 Å². The number of piperazine rings is 1. The molecule has 6 rings (SSSR count). The van der Waals surface area contributed by atoms with Gasteiger partial charge in [0.1, 0.15) is 5.75 Å². The summed E-state index contributed by atoms with van der Waals surface area (Å²) in [6.07, 6.45) is 1.58. The van der Waals surface area contributed by atoms with Crippen molar-refractivity contribution in [2.24, 2.45) is 0 Å². The van der Waals surface area contributed by atoms with Crippen molar-refractivity contribution >= 4 is 33.6 Å². The van der Waals surface area contributed by atoms with E-state index in [9.17, 15) is 5.11 Å². The van der Waals surface area contributed by atoms with Crippen LogP contribution in [0.3, 0.4) is 0 Å². The minimum atomic E-state index is -0.179. The van der Waals surface area contributed by atoms with E-state index in [2.05, 4.69) is 32.0 Å². The van der Waals surface area contributed by atoms with E-state index in [1.807, 2.05) is 36.4 Å². The lowest BCUT2D eigenvalue weighted by Crippen LogP contribution is -2.47. The van der Waals surface area contributed by atoms with Crippen molar-refractivity contribution in [2.45, 2.75) is 6.04 Å². The lowest BCUT2D eigenvalue weighted by molar-refractivity contribution is 0.211. The lowest BCUT2D eigenvalue weighted by atomic mass is 10.0. The van der Waals surface area contributed by atoms with Crippen LogP contribution in [0, 0.1) is 0 Å². The van der Waals surface area contributed by atoms with Crippen molar-refractivity contribution in [1.29, 1.82) is 0 Å². The standard InChI is InChI=1S/C26H24ClN5O3S/c1-34-20-8-2-5-17(15-20)22(31-12-10-30(11-13-31)19-7-3-6-18(27)16-19)23-25(33)32-26(36-23)28-24(29-32)21-9-4-14-35-21/h2-9,14-16,22,33H,10-13H2,1H3. The second kappa shape index (κ2) is 9.50. The monoisotopic (exact) mass is 521 g/mol. The maximum atomic E-state index is 11.3. The third kappa shape index (κ3) is 4.19. The van der Waals surface area contributed by atoms with Gasteiger partial charge in [0.25, 0.3) is 0 Å². The minimum absolute atomic E-state index is 0.0883. The van der Waals surface area contributed by atoms with E-state index in [0.29, 0.717) is 16.5 Å². The van der Waals surface area contributed by atoms with Gasteiger partial charge in [0, 0.05) is 36.9 Å². The maximum absolute atomic E-state index is 11.3. The Morgan fingerprint density at radius 2 is 1.89 bits per heavy atom. The third-order valence-electron chi connectivity index (χ3n) is 6.45. The van der Waals surface area contributed by atoms with Crippen molar-refractivity contribution in [3.8, 4) is 23.2 Å². The molecule has 1 N–H and O–H groups in total. The second-order valence-electron chi connectivity index (χ2n) is 8.58. The van der Waals surface area contributed by atoms with E-state index in [1.165, 1.54) is 15.9 Å². The SMILES string of the molecule is COc1cccc(C(c2sc3nc(-c4ccco4)nn3c2O)N2CCN(c3cccc(Cl)c3)CC2)c1. The molecular weight excluding hydrogens is 498 g/mol. The van der Waals surface area contributed by atoms with Gasteiger partial charge in [-0.15, -0.1) is 5.10 Å². The number of hydrogen-bond donors (Lipinski definition) is 1. The Bertz CT molecular complexity index is 1490. The molecule has 1 unspecified atom stereocenters. The molecule has 0 radical (unpaired) electrons. The highest BCUT2D eigenvalue weighted by Gasteiger charge is 2.32. The number of benzene rings is 2. The van der Waals surface area contributed by atoms with Crippen LogP contribution in [0.2, 0.25) is 5.02 Å². The van der Waals surface area contributed by atoms with Gasteiger partial charge in [-0.05, 0) is 48.0 Å². The lowest BCUT2D eigenvalue weighted by Gasteiger charge is -2.40. The molecule has 0 saturated carbocycles. The number of aromatic hydroxyl groups is 1. The molecule has 10 heteroatoms. The molecule has 36 heavy (non-hydrogen) atoms. The van der Waals surface area contributed by atoms with E-state index < -0.39 is 0 Å². The first kappa shape index (κ1) is 22.9. The number of ether oxygens (including phenoxy) is 1. The second-order valence-corrected chi connectivity index (χ2v) is 10.0. The Morgan fingerprint density at radius 1 is 1.06 bits per heavy atom. The number of fused-ring (bicyclic) bond motifs is 1. The topological polar surface area (TPSA) is 79.3 Å². The molecule has 184 valence electrons. The van der Waals surface area contributed by atoms with Crippen LogP contribution in [0.15, 0.2) is 71.3 Å². The summed E-state index contributed by atoms with van der Waals surface area (Å²) in [6, 6.07) is 19.4. The van der Waals surface area contributed by atoms with E-state index in [0.717, 1.165) is 53.1 Å². The van der Waals surface area contributed by atoms with Crippen molar-refractivity contribution in [1.82, 2.24) is 19.5 Å². The maximum Gasteiger partial charge on any atom is 0.230 e. The average Bonchev–Trinajstić information content (AvgIpc) is 3.64. The molecule has 4 heterocycles. The van der Waals surface area contributed by atoms with Crippen molar-refractivity contribution in [2.75, 3.05) is 38.2 Å². The van der Waals surface area contributed by atoms with Crippen molar-refractivity contribution in [3.05, 3.63) is 82.4 Å². The van der Waals surface area contributed by atoms with Gasteiger partial charge < -0.3 is 19.2 Å². The number of furan rings is 1. The predicted molar refractivity (Wildman–Crippen MR) is 140 cm³/mol. The summed E-state index contributed by atoms with van der Waals surface area (Å²) in [4.78, 5) is 10.7. The molecular formula is C26H24ClN5O3S. The summed E-state index contributed by atoms with van der Waals surface area (Å²) in [5.41, 5.74) is 2.16. The molecule has 0 bridgehead atoms. The van der Waals surface area contributed by atoms with Crippen LogP contribution in [0.5, 0.6) is 11.6 Å². The van der Waals surface area contributed by atoms with Crippen LogP contribution in [0.4, 0.5) is 5.69 Å². The third-order valence-corrected chi connectivity index (χ3v) is 7.76. The van der Waals surface area contributed by atoms with E-state index in [-0.39, 0.29) is 11.9 Å². The molecule has 1 saturated heterocycles. The number of methoxy groups -OCH3 is 1. The van der Waals surface area contributed by atoms with Gasteiger partial charge in [-0.25, -0.2) is 0 Å². The molecule has 0 amide bonds. The highest BCUT2D eigenvalue weighted by atomic mass is 35.5. The van der Waals surface area contributed by atoms with Crippen molar-refractivity contribution < 1.29 is 14.3 Å². The van der Waals surface area contributed by atoms with Gasteiger partial charge in [0.15, 0.2) is 5.76 Å². The summed E-state index contributed by atoms with van der Waals surface area (Å²) in [6.45, 7) is 3.29. The first-order valence-corrected chi connectivity index (χ1v) is 12.8. The first-order valence-electron chi connectivity index (χ1n) is 11.6. The van der Waals surface area contributed by atoms with E-state index in [4.69, 9.17) is 20.8 Å². The number of rotatable bonds is 6. The van der Waals surface area contributed by atoms with Gasteiger partial charge in [-0.2, -0.15) is 9.50 Å². The summed E-state index contributed by atoms with van der Waals surface area (Å²) in [5, 5.41) is 16.5. The Kier molecular flexibility index (Phi) is 6.04. The molecule has 0 aliphatic carbocycles. The highest BCUT2D eigenvalue weighted by Crippen LogP contribution is 2.41. The van der Waals surface area contributed by atoms with Gasteiger partial charge in [-0.3, -0.25) is 4.90 Å². The molecule has 0 spiro atoms. The largest absolute Gasteiger partial charge is 0.497 e. The number of nitrogens with zero attached hydrogens (tertiary/aromatic N) is 5. The molecule has 3 aromatic heterocycles. The Morgan fingerprint density at radius 3 is 2.61 bits per heavy atom. The van der Waals surface area contributed by atoms with Crippen LogP contribution in [-0.4, -0.2) is 57.9 Å². The fourth-order valence-corrected chi connectivity index (χ4v) is 5.99. The molecule has 1 atom stereocenters. The van der Waals surface area contributed by atoms with E-state index >= 15 is 0 Å². The van der Waals surface area contributed by atoms with E-state index in [1.54, 1.807) is 25.5 Å². The van der Waals surface area contributed by atoms with Crippen LogP contribution in [-0.2, 0) is 0 Å². The Balaban J connectivity index is 1.35. The van der Waals surface area contributed by atoms with Gasteiger partial charge in [-0.1, -0.05) is 41.1 Å². The van der Waals surface area contributed by atoms with Crippen LogP contribution in [0.1, 0.15) is 16.5 Å². The van der Waals surface area contributed by atoms with Crippen LogP contribution < -0.4 is 9.64 Å². The van der Waals surface area contributed by atoms with Gasteiger partial charge in [0.2, 0.25) is 16.7 Å². The first-order chi connectivity index (χ1) is 17.6. The van der Waals surface area contributed by atoms with Crippen molar-refractivity contribution in [3.63, 3.8) is 0 Å². The van der Waals surface area contributed by atoms with Crippen LogP contribution >= 0.6 is 22.9 Å². The number of hydrogen-bond acceptors (Lipinski definition) is 8. The summed E-state index contributed by atoms with van der Waals surface area (Å²) < 4.78 is 12.4. The van der Waals surface area contributed by atoms with Gasteiger partial charge in [0.05, 0.1) is 24.3 Å².